The Morgan fingerprint density at radius 1 is 1.19 bits per heavy atom. The smallest absolute Gasteiger partial charge is 0.338 e. The molecule has 5 rings (SSSR count). The number of nitrogens with zero attached hydrogens (tertiary/aromatic N) is 2. The summed E-state index contributed by atoms with van der Waals surface area (Å²) in [4.78, 5) is 32.4. The van der Waals surface area contributed by atoms with Crippen LogP contribution in [-0.2, 0) is 9.53 Å². The monoisotopic (exact) mass is 506 g/mol. The number of thiazole rings is 1. The summed E-state index contributed by atoms with van der Waals surface area (Å²) in [5.74, 6) is 1.41. The van der Waals surface area contributed by atoms with Gasteiger partial charge in [-0.1, -0.05) is 48.9 Å². The molecule has 3 aromatic rings. The summed E-state index contributed by atoms with van der Waals surface area (Å²) in [7, 11) is 1.57. The van der Waals surface area contributed by atoms with Gasteiger partial charge in [0.15, 0.2) is 16.3 Å². The Balaban J connectivity index is 1.75. The fraction of sp³-hybridized carbons (Fsp3) is 0.296. The molecule has 0 amide bonds. The van der Waals surface area contributed by atoms with Crippen molar-refractivity contribution in [2.24, 2.45) is 4.99 Å². The molecule has 2 aliphatic heterocycles. The van der Waals surface area contributed by atoms with Crippen molar-refractivity contribution in [3.05, 3.63) is 84.5 Å². The zero-order chi connectivity index (χ0) is 25.2. The molecule has 8 nitrogen and oxygen atoms in total. The van der Waals surface area contributed by atoms with E-state index in [1.165, 1.54) is 11.3 Å². The number of hydrogen-bond donors (Lipinski definition) is 0. The van der Waals surface area contributed by atoms with Gasteiger partial charge in [0.25, 0.3) is 5.56 Å². The Labute approximate surface area is 211 Å². The Bertz CT molecular complexity index is 1530. The summed E-state index contributed by atoms with van der Waals surface area (Å²) in [6.45, 7) is 4.18. The number of carbonyl (C=O) groups excluding carboxylic acids is 1. The predicted molar refractivity (Wildman–Crippen MR) is 135 cm³/mol. The second-order valence-corrected chi connectivity index (χ2v) is 9.28. The molecule has 0 fully saturated rings. The molecular weight excluding hydrogens is 480 g/mol. The number of aromatic nitrogens is 1. The fourth-order valence-electron chi connectivity index (χ4n) is 4.46. The molecule has 1 unspecified atom stereocenters. The van der Waals surface area contributed by atoms with Crippen LogP contribution in [0.25, 0.3) is 6.08 Å². The number of allylic oxidation sites excluding steroid dienone is 1. The SMILES string of the molecule is CCCC1=C(C(=O)OCC)C(c2ccccc2OC)n2c(s/c(=C\c3ccc4c(c3)OCO4)c2=O)=N1. The summed E-state index contributed by atoms with van der Waals surface area (Å²) in [6.07, 6.45) is 3.16. The number of fused-ring (bicyclic) bond motifs is 2. The average molecular weight is 507 g/mol. The first-order chi connectivity index (χ1) is 17.5. The molecule has 0 saturated heterocycles. The third-order valence-electron chi connectivity index (χ3n) is 6.02. The van der Waals surface area contributed by atoms with Crippen molar-refractivity contribution >= 4 is 23.4 Å². The van der Waals surface area contributed by atoms with Crippen molar-refractivity contribution in [2.75, 3.05) is 20.5 Å². The number of hydrogen-bond acceptors (Lipinski definition) is 8. The third-order valence-corrected chi connectivity index (χ3v) is 7.00. The van der Waals surface area contributed by atoms with Crippen LogP contribution in [0.1, 0.15) is 43.9 Å². The third kappa shape index (κ3) is 4.19. The van der Waals surface area contributed by atoms with E-state index in [-0.39, 0.29) is 19.0 Å². The van der Waals surface area contributed by atoms with Crippen LogP contribution in [0.15, 0.2) is 63.5 Å². The van der Waals surface area contributed by atoms with E-state index < -0.39 is 12.0 Å². The summed E-state index contributed by atoms with van der Waals surface area (Å²) in [6, 6.07) is 12.2. The van der Waals surface area contributed by atoms with E-state index in [4.69, 9.17) is 23.9 Å². The van der Waals surface area contributed by atoms with Crippen LogP contribution in [0.5, 0.6) is 17.2 Å². The van der Waals surface area contributed by atoms with E-state index in [1.54, 1.807) is 24.7 Å². The first-order valence-electron chi connectivity index (χ1n) is 11.8. The molecule has 0 aliphatic carbocycles. The number of esters is 1. The van der Waals surface area contributed by atoms with Crippen LogP contribution >= 0.6 is 11.3 Å². The molecule has 2 aliphatic rings. The van der Waals surface area contributed by atoms with Crippen molar-refractivity contribution < 1.29 is 23.7 Å². The molecule has 0 spiro atoms. The minimum atomic E-state index is -0.725. The van der Waals surface area contributed by atoms with Gasteiger partial charge in [0.05, 0.1) is 29.5 Å². The van der Waals surface area contributed by atoms with Gasteiger partial charge in [-0.2, -0.15) is 0 Å². The lowest BCUT2D eigenvalue weighted by molar-refractivity contribution is -0.139. The van der Waals surface area contributed by atoms with Crippen LogP contribution in [0, 0.1) is 0 Å². The first-order valence-corrected chi connectivity index (χ1v) is 12.6. The highest BCUT2D eigenvalue weighted by molar-refractivity contribution is 7.07. The normalized spacial score (nSPS) is 16.5. The van der Waals surface area contributed by atoms with Gasteiger partial charge in [0, 0.05) is 5.56 Å². The lowest BCUT2D eigenvalue weighted by Crippen LogP contribution is -2.40. The van der Waals surface area contributed by atoms with E-state index >= 15 is 0 Å². The van der Waals surface area contributed by atoms with E-state index in [1.807, 2.05) is 49.4 Å². The highest BCUT2D eigenvalue weighted by Crippen LogP contribution is 2.37. The zero-order valence-electron chi connectivity index (χ0n) is 20.3. The number of para-hydroxylation sites is 1. The summed E-state index contributed by atoms with van der Waals surface area (Å²) < 4.78 is 24.0. The topological polar surface area (TPSA) is 88.4 Å². The number of benzene rings is 2. The zero-order valence-corrected chi connectivity index (χ0v) is 21.1. The van der Waals surface area contributed by atoms with Crippen molar-refractivity contribution in [1.82, 2.24) is 4.57 Å². The highest BCUT2D eigenvalue weighted by atomic mass is 32.1. The van der Waals surface area contributed by atoms with Crippen LogP contribution < -0.4 is 29.1 Å². The quantitative estimate of drug-likeness (QED) is 0.457. The minimum absolute atomic E-state index is 0.177. The minimum Gasteiger partial charge on any atom is -0.496 e. The van der Waals surface area contributed by atoms with E-state index in [0.717, 1.165) is 12.0 Å². The molecule has 0 radical (unpaired) electrons. The van der Waals surface area contributed by atoms with Crippen LogP contribution in [0.2, 0.25) is 0 Å². The Kier molecular flexibility index (Phi) is 6.65. The first kappa shape index (κ1) is 23.9. The molecule has 0 bridgehead atoms. The maximum absolute atomic E-state index is 13.8. The van der Waals surface area contributed by atoms with E-state index in [0.29, 0.717) is 49.8 Å². The molecule has 0 N–H and O–H groups in total. The molecule has 186 valence electrons. The maximum Gasteiger partial charge on any atom is 0.338 e. The Morgan fingerprint density at radius 3 is 2.78 bits per heavy atom. The second kappa shape index (κ2) is 10.0. The van der Waals surface area contributed by atoms with Gasteiger partial charge in [-0.05, 0) is 43.2 Å². The lowest BCUT2D eigenvalue weighted by Gasteiger charge is -2.26. The highest BCUT2D eigenvalue weighted by Gasteiger charge is 2.35. The lowest BCUT2D eigenvalue weighted by atomic mass is 9.93. The van der Waals surface area contributed by atoms with Gasteiger partial charge < -0.3 is 18.9 Å². The largest absolute Gasteiger partial charge is 0.496 e. The van der Waals surface area contributed by atoms with E-state index in [2.05, 4.69) is 0 Å². The molecule has 9 heteroatoms. The van der Waals surface area contributed by atoms with Crippen LogP contribution in [0.3, 0.4) is 0 Å². The van der Waals surface area contributed by atoms with Gasteiger partial charge >= 0.3 is 5.97 Å². The average Bonchev–Trinajstić information content (AvgIpc) is 3.47. The van der Waals surface area contributed by atoms with E-state index in [9.17, 15) is 9.59 Å². The summed E-state index contributed by atoms with van der Waals surface area (Å²) in [5.41, 5.74) is 2.25. The Morgan fingerprint density at radius 2 is 2.00 bits per heavy atom. The number of carbonyl (C=O) groups is 1. The summed E-state index contributed by atoms with van der Waals surface area (Å²) in [5, 5.41) is 0. The van der Waals surface area contributed by atoms with Gasteiger partial charge in [-0.15, -0.1) is 0 Å². The molecule has 36 heavy (non-hydrogen) atoms. The fourth-order valence-corrected chi connectivity index (χ4v) is 5.48. The molecule has 1 aromatic heterocycles. The molecular formula is C27H26N2O6S. The predicted octanol–water partition coefficient (Wildman–Crippen LogP) is 3.32. The molecule has 3 heterocycles. The van der Waals surface area contributed by atoms with Gasteiger partial charge in [-0.25, -0.2) is 9.79 Å². The van der Waals surface area contributed by atoms with Gasteiger partial charge in [0.1, 0.15) is 11.8 Å². The Hall–Kier alpha value is -3.85. The molecule has 2 aromatic carbocycles. The van der Waals surface area contributed by atoms with Crippen molar-refractivity contribution in [3.8, 4) is 17.2 Å². The van der Waals surface area contributed by atoms with Gasteiger partial charge in [-0.3, -0.25) is 9.36 Å². The maximum atomic E-state index is 13.8. The number of rotatable bonds is 7. The molecule has 1 atom stereocenters. The van der Waals surface area contributed by atoms with Crippen molar-refractivity contribution in [3.63, 3.8) is 0 Å². The standard InChI is InChI=1S/C27H26N2O6S/c1-4-8-18-23(26(31)33-5-2)24(17-9-6-7-10-19(17)32-3)29-25(30)22(36-27(29)28-18)14-16-11-12-20-21(13-16)35-15-34-20/h6-7,9-14,24H,4-5,8,15H2,1-3H3/b22-14-. The summed E-state index contributed by atoms with van der Waals surface area (Å²) >= 11 is 1.29. The number of ether oxygens (including phenoxy) is 4. The second-order valence-electron chi connectivity index (χ2n) is 8.27. The van der Waals surface area contributed by atoms with Crippen molar-refractivity contribution in [2.45, 2.75) is 32.7 Å². The molecule has 0 saturated carbocycles. The van der Waals surface area contributed by atoms with Crippen LogP contribution in [0.4, 0.5) is 0 Å². The van der Waals surface area contributed by atoms with Crippen molar-refractivity contribution in [1.29, 1.82) is 0 Å². The van der Waals surface area contributed by atoms with Gasteiger partial charge in [0.2, 0.25) is 6.79 Å². The van der Waals surface area contributed by atoms with Crippen LogP contribution in [-0.4, -0.2) is 31.0 Å². The number of methoxy groups -OCH3 is 1.